The maximum Gasteiger partial charge on any atom is 0.262 e. The number of anilines is 1. The Morgan fingerprint density at radius 2 is 2.00 bits per heavy atom. The number of aromatic hydroxyl groups is 1. The monoisotopic (exact) mass is 386 g/mol. The number of rotatable bonds is 7. The molecule has 3 rings (SSSR count). The predicted octanol–water partition coefficient (Wildman–Crippen LogP) is 2.38. The van der Waals surface area contributed by atoms with E-state index in [0.29, 0.717) is 17.0 Å². The van der Waals surface area contributed by atoms with Gasteiger partial charge < -0.3 is 30.3 Å². The van der Waals surface area contributed by atoms with Crippen molar-refractivity contribution in [2.24, 2.45) is 0 Å². The van der Waals surface area contributed by atoms with E-state index in [4.69, 9.17) is 9.47 Å². The van der Waals surface area contributed by atoms with Crippen LogP contribution < -0.4 is 20.1 Å². The molecular weight excluding hydrogens is 360 g/mol. The molecule has 0 spiro atoms. The van der Waals surface area contributed by atoms with Crippen molar-refractivity contribution in [3.63, 3.8) is 0 Å². The fourth-order valence-electron chi connectivity index (χ4n) is 3.26. The van der Waals surface area contributed by atoms with Crippen LogP contribution in [0.4, 0.5) is 5.69 Å². The highest BCUT2D eigenvalue weighted by atomic mass is 16.5. The van der Waals surface area contributed by atoms with Crippen LogP contribution in [0.3, 0.4) is 0 Å². The SMILES string of the molecule is COc1ccc(CC(C)(C)NC[C@@H](O)c2cc(O)cc3c2OCC(=O)N3)cc1. The standard InChI is InChI=1S/C21H26N2O5/c1-21(2,10-13-4-6-15(27-3)7-5-13)22-11-18(25)16-8-14(24)9-17-20(16)28-12-19(26)23-17/h4-9,18,22,24-25H,10-12H2,1-3H3,(H,23,26)/t18-/m1/s1. The van der Waals surface area contributed by atoms with Crippen molar-refractivity contribution in [1.82, 2.24) is 5.32 Å². The first-order valence-electron chi connectivity index (χ1n) is 9.13. The molecule has 1 atom stereocenters. The molecule has 28 heavy (non-hydrogen) atoms. The minimum atomic E-state index is -0.911. The summed E-state index contributed by atoms with van der Waals surface area (Å²) in [4.78, 5) is 11.5. The zero-order chi connectivity index (χ0) is 20.3. The minimum Gasteiger partial charge on any atom is -0.508 e. The van der Waals surface area contributed by atoms with E-state index in [1.165, 1.54) is 12.1 Å². The van der Waals surface area contributed by atoms with Gasteiger partial charge in [0.15, 0.2) is 6.61 Å². The minimum absolute atomic E-state index is 0.0453. The van der Waals surface area contributed by atoms with Crippen molar-refractivity contribution in [2.75, 3.05) is 25.6 Å². The van der Waals surface area contributed by atoms with Crippen LogP contribution >= 0.6 is 0 Å². The molecule has 0 bridgehead atoms. The van der Waals surface area contributed by atoms with Crippen LogP contribution in [-0.2, 0) is 11.2 Å². The third-order valence-corrected chi connectivity index (χ3v) is 4.66. The first-order chi connectivity index (χ1) is 13.3. The van der Waals surface area contributed by atoms with Crippen molar-refractivity contribution in [3.8, 4) is 17.2 Å². The highest BCUT2D eigenvalue weighted by Gasteiger charge is 2.26. The fraction of sp³-hybridized carbons (Fsp3) is 0.381. The van der Waals surface area contributed by atoms with E-state index in [1.54, 1.807) is 7.11 Å². The van der Waals surface area contributed by atoms with Crippen molar-refractivity contribution >= 4 is 11.6 Å². The van der Waals surface area contributed by atoms with Crippen LogP contribution in [0.2, 0.25) is 0 Å². The molecule has 0 radical (unpaired) electrons. The number of hydrogen-bond acceptors (Lipinski definition) is 6. The number of hydrogen-bond donors (Lipinski definition) is 4. The second kappa shape index (κ2) is 8.08. The summed E-state index contributed by atoms with van der Waals surface area (Å²) < 4.78 is 10.7. The maximum absolute atomic E-state index is 11.5. The number of carbonyl (C=O) groups excluding carboxylic acids is 1. The van der Waals surface area contributed by atoms with Crippen molar-refractivity contribution in [1.29, 1.82) is 0 Å². The first-order valence-corrected chi connectivity index (χ1v) is 9.13. The molecule has 0 unspecified atom stereocenters. The third-order valence-electron chi connectivity index (χ3n) is 4.66. The Morgan fingerprint density at radius 1 is 1.29 bits per heavy atom. The topological polar surface area (TPSA) is 100 Å². The van der Waals surface area contributed by atoms with Gasteiger partial charge in [0.25, 0.3) is 5.91 Å². The lowest BCUT2D eigenvalue weighted by Crippen LogP contribution is -2.43. The molecule has 1 amide bonds. The summed E-state index contributed by atoms with van der Waals surface area (Å²) in [5.74, 6) is 0.860. The average Bonchev–Trinajstić information content (AvgIpc) is 2.65. The van der Waals surface area contributed by atoms with Crippen LogP contribution in [0.5, 0.6) is 17.2 Å². The molecule has 0 saturated heterocycles. The number of aliphatic hydroxyl groups is 1. The number of benzene rings is 2. The number of phenolic OH excluding ortho intramolecular Hbond substituents is 1. The molecule has 0 saturated carbocycles. The van der Waals surface area contributed by atoms with Gasteiger partial charge in [-0.05, 0) is 44.0 Å². The largest absolute Gasteiger partial charge is 0.508 e. The Hall–Kier alpha value is -2.77. The first kappa shape index (κ1) is 20.0. The zero-order valence-electron chi connectivity index (χ0n) is 16.3. The molecule has 4 N–H and O–H groups in total. The Bertz CT molecular complexity index is 849. The zero-order valence-corrected chi connectivity index (χ0v) is 16.3. The lowest BCUT2D eigenvalue weighted by molar-refractivity contribution is -0.118. The van der Waals surface area contributed by atoms with E-state index in [-0.39, 0.29) is 30.3 Å². The van der Waals surface area contributed by atoms with Crippen molar-refractivity contribution in [3.05, 3.63) is 47.5 Å². The van der Waals surface area contributed by atoms with Crippen LogP contribution in [0.1, 0.15) is 31.1 Å². The van der Waals surface area contributed by atoms with Gasteiger partial charge in [0.1, 0.15) is 17.2 Å². The van der Waals surface area contributed by atoms with Gasteiger partial charge in [0, 0.05) is 23.7 Å². The average molecular weight is 386 g/mol. The number of carbonyl (C=O) groups is 1. The molecule has 7 nitrogen and oxygen atoms in total. The summed E-state index contributed by atoms with van der Waals surface area (Å²) in [5, 5.41) is 26.6. The lowest BCUT2D eigenvalue weighted by atomic mass is 9.94. The molecular formula is C21H26N2O5. The highest BCUT2D eigenvalue weighted by Crippen LogP contribution is 2.38. The van der Waals surface area contributed by atoms with E-state index in [2.05, 4.69) is 24.5 Å². The smallest absolute Gasteiger partial charge is 0.262 e. The number of nitrogens with one attached hydrogen (secondary N) is 2. The van der Waals surface area contributed by atoms with Crippen LogP contribution in [-0.4, -0.2) is 41.9 Å². The maximum atomic E-state index is 11.5. The Morgan fingerprint density at radius 3 is 2.68 bits per heavy atom. The van der Waals surface area contributed by atoms with E-state index < -0.39 is 6.10 Å². The Balaban J connectivity index is 1.67. The molecule has 150 valence electrons. The second-order valence-corrected chi connectivity index (χ2v) is 7.55. The number of ether oxygens (including phenoxy) is 2. The summed E-state index contributed by atoms with van der Waals surface area (Å²) in [6, 6.07) is 10.7. The lowest BCUT2D eigenvalue weighted by Gasteiger charge is -2.29. The number of methoxy groups -OCH3 is 1. The predicted molar refractivity (Wildman–Crippen MR) is 106 cm³/mol. The van der Waals surface area contributed by atoms with Gasteiger partial charge in [-0.2, -0.15) is 0 Å². The van der Waals surface area contributed by atoms with Gasteiger partial charge in [-0.3, -0.25) is 4.79 Å². The van der Waals surface area contributed by atoms with Crippen LogP contribution in [0, 0.1) is 0 Å². The van der Waals surface area contributed by atoms with Gasteiger partial charge in [0.05, 0.1) is 18.9 Å². The normalized spacial score (nSPS) is 14.6. The van der Waals surface area contributed by atoms with E-state index in [0.717, 1.165) is 17.7 Å². The molecule has 2 aromatic carbocycles. The third kappa shape index (κ3) is 4.74. The fourth-order valence-corrected chi connectivity index (χ4v) is 3.26. The number of amides is 1. The number of phenols is 1. The molecule has 1 heterocycles. The van der Waals surface area contributed by atoms with Crippen molar-refractivity contribution < 1.29 is 24.5 Å². The van der Waals surface area contributed by atoms with E-state index in [9.17, 15) is 15.0 Å². The Kier molecular flexibility index (Phi) is 5.76. The summed E-state index contributed by atoms with van der Waals surface area (Å²) in [6.45, 7) is 4.25. The molecule has 0 fully saturated rings. The number of fused-ring (bicyclic) bond motifs is 1. The van der Waals surface area contributed by atoms with Gasteiger partial charge in [-0.1, -0.05) is 12.1 Å². The quantitative estimate of drug-likeness (QED) is 0.583. The molecule has 0 aromatic heterocycles. The molecule has 0 aliphatic carbocycles. The number of β-amino-alcohol motifs (C(OH)–C–C–N with tert-alkyl or cyclic N) is 1. The van der Waals surface area contributed by atoms with Gasteiger partial charge in [0.2, 0.25) is 0 Å². The number of aliphatic hydroxyl groups excluding tert-OH is 1. The molecule has 1 aliphatic heterocycles. The van der Waals surface area contributed by atoms with Crippen molar-refractivity contribution in [2.45, 2.75) is 31.9 Å². The van der Waals surface area contributed by atoms with E-state index in [1.807, 2.05) is 24.3 Å². The molecule has 2 aromatic rings. The molecule has 1 aliphatic rings. The van der Waals surface area contributed by atoms with Gasteiger partial charge in [-0.25, -0.2) is 0 Å². The van der Waals surface area contributed by atoms with Crippen LogP contribution in [0.25, 0.3) is 0 Å². The van der Waals surface area contributed by atoms with E-state index >= 15 is 0 Å². The van der Waals surface area contributed by atoms with Crippen LogP contribution in [0.15, 0.2) is 36.4 Å². The highest BCUT2D eigenvalue weighted by molar-refractivity contribution is 5.96. The second-order valence-electron chi connectivity index (χ2n) is 7.55. The van der Waals surface area contributed by atoms with Gasteiger partial charge >= 0.3 is 0 Å². The summed E-state index contributed by atoms with van der Waals surface area (Å²) in [6.07, 6.45) is -0.153. The summed E-state index contributed by atoms with van der Waals surface area (Å²) in [5.41, 5.74) is 1.67. The Labute approximate surface area is 164 Å². The molecule has 7 heteroatoms. The van der Waals surface area contributed by atoms with Gasteiger partial charge in [-0.15, -0.1) is 0 Å². The summed E-state index contributed by atoms with van der Waals surface area (Å²) in [7, 11) is 1.64. The summed E-state index contributed by atoms with van der Waals surface area (Å²) >= 11 is 0.